The first-order valence-corrected chi connectivity index (χ1v) is 8.70. The highest BCUT2D eigenvalue weighted by atomic mass is 16.5. The Labute approximate surface area is 153 Å². The quantitative estimate of drug-likeness (QED) is 0.868. The highest BCUT2D eigenvalue weighted by Gasteiger charge is 2.33. The first-order valence-electron chi connectivity index (χ1n) is 8.70. The number of hydrogen-bond acceptors (Lipinski definition) is 3. The van der Waals surface area contributed by atoms with E-state index in [9.17, 15) is 9.59 Å². The van der Waals surface area contributed by atoms with E-state index < -0.39 is 6.04 Å². The summed E-state index contributed by atoms with van der Waals surface area (Å²) in [7, 11) is 1.62. The summed E-state index contributed by atoms with van der Waals surface area (Å²) in [6, 6.07) is 16.1. The van der Waals surface area contributed by atoms with Crippen LogP contribution in [-0.2, 0) is 11.3 Å². The van der Waals surface area contributed by atoms with Gasteiger partial charge in [-0.2, -0.15) is 0 Å². The number of hydrogen-bond donors (Lipinski definition) is 2. The zero-order valence-corrected chi connectivity index (χ0v) is 14.8. The van der Waals surface area contributed by atoms with Crippen molar-refractivity contribution < 1.29 is 14.3 Å². The molecule has 1 aliphatic rings. The number of rotatable bonds is 5. The van der Waals surface area contributed by atoms with Crippen molar-refractivity contribution in [1.82, 2.24) is 10.2 Å². The van der Waals surface area contributed by atoms with Crippen LogP contribution in [0.1, 0.15) is 18.4 Å². The smallest absolute Gasteiger partial charge is 0.322 e. The van der Waals surface area contributed by atoms with Gasteiger partial charge in [-0.1, -0.05) is 30.3 Å². The lowest BCUT2D eigenvalue weighted by Crippen LogP contribution is -2.47. The van der Waals surface area contributed by atoms with Crippen molar-refractivity contribution in [2.45, 2.75) is 25.4 Å². The minimum atomic E-state index is -0.433. The van der Waals surface area contributed by atoms with E-state index in [2.05, 4.69) is 10.6 Å². The number of urea groups is 1. The average molecular weight is 353 g/mol. The molecule has 0 bridgehead atoms. The van der Waals surface area contributed by atoms with Gasteiger partial charge >= 0.3 is 6.03 Å². The van der Waals surface area contributed by atoms with Gasteiger partial charge in [-0.15, -0.1) is 0 Å². The summed E-state index contributed by atoms with van der Waals surface area (Å²) in [5, 5.41) is 5.77. The van der Waals surface area contributed by atoms with Crippen LogP contribution in [0.5, 0.6) is 5.75 Å². The van der Waals surface area contributed by atoms with Crippen molar-refractivity contribution in [3.8, 4) is 5.75 Å². The summed E-state index contributed by atoms with van der Waals surface area (Å²) in [4.78, 5) is 26.7. The SMILES string of the molecule is COc1ccc(CNC(=O)[C@@H]2CCCN2C(=O)Nc2ccccc2)cc1. The van der Waals surface area contributed by atoms with E-state index in [1.54, 1.807) is 12.0 Å². The zero-order valence-electron chi connectivity index (χ0n) is 14.8. The maximum atomic E-state index is 12.6. The monoisotopic (exact) mass is 353 g/mol. The van der Waals surface area contributed by atoms with Gasteiger partial charge in [0.05, 0.1) is 7.11 Å². The lowest BCUT2D eigenvalue weighted by molar-refractivity contribution is -0.124. The van der Waals surface area contributed by atoms with Crippen molar-refractivity contribution in [2.75, 3.05) is 19.0 Å². The molecule has 6 heteroatoms. The van der Waals surface area contributed by atoms with E-state index >= 15 is 0 Å². The zero-order chi connectivity index (χ0) is 18.4. The Balaban J connectivity index is 1.56. The minimum absolute atomic E-state index is 0.124. The number of amides is 3. The molecular weight excluding hydrogens is 330 g/mol. The van der Waals surface area contributed by atoms with Crippen LogP contribution in [0.3, 0.4) is 0 Å². The maximum Gasteiger partial charge on any atom is 0.322 e. The lowest BCUT2D eigenvalue weighted by atomic mass is 10.2. The van der Waals surface area contributed by atoms with E-state index in [0.717, 1.165) is 23.4 Å². The Morgan fingerprint density at radius 3 is 2.54 bits per heavy atom. The second-order valence-corrected chi connectivity index (χ2v) is 6.21. The normalized spacial score (nSPS) is 16.2. The highest BCUT2D eigenvalue weighted by Crippen LogP contribution is 2.19. The first kappa shape index (κ1) is 17.8. The molecule has 1 aliphatic heterocycles. The Hall–Kier alpha value is -3.02. The van der Waals surface area contributed by atoms with Gasteiger partial charge in [0.2, 0.25) is 5.91 Å². The molecule has 2 aromatic rings. The molecular formula is C20H23N3O3. The van der Waals surface area contributed by atoms with Crippen LogP contribution in [0, 0.1) is 0 Å². The summed E-state index contributed by atoms with van der Waals surface area (Å²) in [5.74, 6) is 0.654. The van der Waals surface area contributed by atoms with Crippen LogP contribution in [0.15, 0.2) is 54.6 Å². The molecule has 0 spiro atoms. The molecule has 0 aromatic heterocycles. The summed E-state index contributed by atoms with van der Waals surface area (Å²) in [6.45, 7) is 1.01. The third-order valence-corrected chi connectivity index (χ3v) is 4.47. The summed E-state index contributed by atoms with van der Waals surface area (Å²) >= 11 is 0. The Kier molecular flexibility index (Phi) is 5.73. The van der Waals surface area contributed by atoms with Crippen LogP contribution in [-0.4, -0.2) is 36.5 Å². The molecule has 1 atom stereocenters. The number of nitrogens with zero attached hydrogens (tertiary/aromatic N) is 1. The van der Waals surface area contributed by atoms with Crippen LogP contribution >= 0.6 is 0 Å². The number of benzene rings is 2. The number of para-hydroxylation sites is 1. The second-order valence-electron chi connectivity index (χ2n) is 6.21. The molecule has 26 heavy (non-hydrogen) atoms. The molecule has 3 amide bonds. The van der Waals surface area contributed by atoms with Crippen LogP contribution in [0.4, 0.5) is 10.5 Å². The number of likely N-dealkylation sites (tertiary alicyclic amines) is 1. The fraction of sp³-hybridized carbons (Fsp3) is 0.300. The van der Waals surface area contributed by atoms with Gasteiger partial charge in [-0.3, -0.25) is 4.79 Å². The van der Waals surface area contributed by atoms with Crippen molar-refractivity contribution in [3.63, 3.8) is 0 Å². The Bertz CT molecular complexity index is 747. The summed E-state index contributed by atoms with van der Waals surface area (Å²) in [6.07, 6.45) is 1.50. The fourth-order valence-electron chi connectivity index (χ4n) is 3.05. The molecule has 6 nitrogen and oxygen atoms in total. The summed E-state index contributed by atoms with van der Waals surface area (Å²) < 4.78 is 5.13. The molecule has 1 saturated heterocycles. The number of carbonyl (C=O) groups excluding carboxylic acids is 2. The van der Waals surface area contributed by atoms with Crippen molar-refractivity contribution >= 4 is 17.6 Å². The lowest BCUT2D eigenvalue weighted by Gasteiger charge is -2.24. The Morgan fingerprint density at radius 1 is 1.12 bits per heavy atom. The largest absolute Gasteiger partial charge is 0.497 e. The van der Waals surface area contributed by atoms with Gasteiger partial charge in [-0.25, -0.2) is 4.79 Å². The fourth-order valence-corrected chi connectivity index (χ4v) is 3.05. The molecule has 0 aliphatic carbocycles. The van der Waals surface area contributed by atoms with Gasteiger partial charge in [0.1, 0.15) is 11.8 Å². The van der Waals surface area contributed by atoms with Gasteiger partial charge in [-0.05, 0) is 42.7 Å². The molecule has 136 valence electrons. The predicted molar refractivity (Wildman–Crippen MR) is 100 cm³/mol. The minimum Gasteiger partial charge on any atom is -0.497 e. The number of methoxy groups -OCH3 is 1. The number of anilines is 1. The number of nitrogens with one attached hydrogen (secondary N) is 2. The number of ether oxygens (including phenoxy) is 1. The van der Waals surface area contributed by atoms with E-state index in [4.69, 9.17) is 4.74 Å². The van der Waals surface area contributed by atoms with E-state index in [1.165, 1.54) is 0 Å². The maximum absolute atomic E-state index is 12.6. The molecule has 0 saturated carbocycles. The van der Waals surface area contributed by atoms with Crippen molar-refractivity contribution in [3.05, 3.63) is 60.2 Å². The molecule has 1 fully saturated rings. The molecule has 2 aromatic carbocycles. The van der Waals surface area contributed by atoms with Gasteiger partial charge < -0.3 is 20.3 Å². The average Bonchev–Trinajstić information content (AvgIpc) is 3.17. The van der Waals surface area contributed by atoms with Crippen molar-refractivity contribution in [1.29, 1.82) is 0 Å². The third kappa shape index (κ3) is 4.33. The van der Waals surface area contributed by atoms with Gasteiger partial charge in [0.15, 0.2) is 0 Å². The highest BCUT2D eigenvalue weighted by molar-refractivity contribution is 5.94. The van der Waals surface area contributed by atoms with Crippen LogP contribution < -0.4 is 15.4 Å². The standard InChI is InChI=1S/C20H23N3O3/c1-26-17-11-9-15(10-12-17)14-21-19(24)18-8-5-13-23(18)20(25)22-16-6-3-2-4-7-16/h2-4,6-7,9-12,18H,5,8,13-14H2,1H3,(H,21,24)(H,22,25)/t18-/m0/s1. The van der Waals surface area contributed by atoms with E-state index in [1.807, 2.05) is 54.6 Å². The topological polar surface area (TPSA) is 70.7 Å². The van der Waals surface area contributed by atoms with Gasteiger partial charge in [0, 0.05) is 18.8 Å². The van der Waals surface area contributed by atoms with Gasteiger partial charge in [0.25, 0.3) is 0 Å². The first-order chi connectivity index (χ1) is 12.7. The predicted octanol–water partition coefficient (Wildman–Crippen LogP) is 3.01. The third-order valence-electron chi connectivity index (χ3n) is 4.47. The molecule has 3 rings (SSSR count). The van der Waals surface area contributed by atoms with Crippen LogP contribution in [0.2, 0.25) is 0 Å². The molecule has 1 heterocycles. The Morgan fingerprint density at radius 2 is 1.85 bits per heavy atom. The second kappa shape index (κ2) is 8.38. The molecule has 2 N–H and O–H groups in total. The van der Waals surface area contributed by atoms with Crippen LogP contribution in [0.25, 0.3) is 0 Å². The molecule has 0 radical (unpaired) electrons. The van der Waals surface area contributed by atoms with E-state index in [-0.39, 0.29) is 11.9 Å². The summed E-state index contributed by atoms with van der Waals surface area (Å²) in [5.41, 5.74) is 1.71. The van der Waals surface area contributed by atoms with E-state index in [0.29, 0.717) is 19.5 Å². The number of carbonyl (C=O) groups is 2. The van der Waals surface area contributed by atoms with Crippen molar-refractivity contribution in [2.24, 2.45) is 0 Å². The molecule has 0 unspecified atom stereocenters.